The normalized spacial score (nSPS) is 13.1. The highest BCUT2D eigenvalue weighted by Crippen LogP contribution is 2.25. The van der Waals surface area contributed by atoms with Crippen molar-refractivity contribution >= 4 is 6.72 Å². The van der Waals surface area contributed by atoms with E-state index in [2.05, 4.69) is 46.3 Å². The predicted octanol–water partition coefficient (Wildman–Crippen LogP) is 3.68. The lowest BCUT2D eigenvalue weighted by atomic mass is 9.87. The van der Waals surface area contributed by atoms with Gasteiger partial charge in [0.1, 0.15) is 0 Å². The van der Waals surface area contributed by atoms with Crippen molar-refractivity contribution in [3.05, 3.63) is 0 Å². The second-order valence-electron chi connectivity index (χ2n) is 5.38. The van der Waals surface area contributed by atoms with Crippen molar-refractivity contribution in [2.24, 2.45) is 10.4 Å². The van der Waals surface area contributed by atoms with Crippen LogP contribution in [-0.4, -0.2) is 12.3 Å². The van der Waals surface area contributed by atoms with Crippen molar-refractivity contribution in [1.82, 2.24) is 0 Å². The van der Waals surface area contributed by atoms with E-state index in [0.29, 0.717) is 5.41 Å². The van der Waals surface area contributed by atoms with E-state index in [1.165, 1.54) is 12.8 Å². The molecule has 0 aromatic carbocycles. The molecule has 0 aliphatic rings. The van der Waals surface area contributed by atoms with Crippen molar-refractivity contribution in [2.75, 3.05) is 0 Å². The van der Waals surface area contributed by atoms with Gasteiger partial charge in [0.15, 0.2) is 0 Å². The van der Waals surface area contributed by atoms with Gasteiger partial charge >= 0.3 is 0 Å². The fourth-order valence-corrected chi connectivity index (χ4v) is 1.13. The molecule has 0 unspecified atom stereocenters. The summed E-state index contributed by atoms with van der Waals surface area (Å²) in [6.07, 6.45) is 3.66. The Morgan fingerprint density at radius 1 is 1.00 bits per heavy atom. The Morgan fingerprint density at radius 2 is 1.50 bits per heavy atom. The molecule has 1 heteroatoms. The van der Waals surface area contributed by atoms with Gasteiger partial charge in [0, 0.05) is 0 Å². The van der Waals surface area contributed by atoms with Crippen LogP contribution in [0.15, 0.2) is 4.99 Å². The minimum atomic E-state index is 0.0747. The van der Waals surface area contributed by atoms with E-state index >= 15 is 0 Å². The standard InChI is InChI=1S/C11H23N/c1-10(2,3)8-7-9-11(4,5)12-6/h6-9H2,1-5H3. The van der Waals surface area contributed by atoms with Crippen LogP contribution in [0.4, 0.5) is 0 Å². The molecule has 1 nitrogen and oxygen atoms in total. The van der Waals surface area contributed by atoms with Gasteiger partial charge in [0.25, 0.3) is 0 Å². The first-order chi connectivity index (χ1) is 5.27. The monoisotopic (exact) mass is 169 g/mol. The molecular formula is C11H23N. The van der Waals surface area contributed by atoms with Gasteiger partial charge in [-0.3, -0.25) is 4.99 Å². The number of hydrogen-bond acceptors (Lipinski definition) is 1. The first-order valence-electron chi connectivity index (χ1n) is 4.75. The molecule has 0 aliphatic heterocycles. The highest BCUT2D eigenvalue weighted by molar-refractivity contribution is 5.25. The summed E-state index contributed by atoms with van der Waals surface area (Å²) in [4.78, 5) is 4.09. The topological polar surface area (TPSA) is 12.4 Å². The Morgan fingerprint density at radius 3 is 1.83 bits per heavy atom. The van der Waals surface area contributed by atoms with Gasteiger partial charge in [-0.2, -0.15) is 0 Å². The summed E-state index contributed by atoms with van der Waals surface area (Å²) < 4.78 is 0. The molecule has 0 aromatic heterocycles. The number of rotatable bonds is 4. The summed E-state index contributed by atoms with van der Waals surface area (Å²) in [6, 6.07) is 0. The third kappa shape index (κ3) is 6.38. The first kappa shape index (κ1) is 11.7. The van der Waals surface area contributed by atoms with Gasteiger partial charge in [-0.1, -0.05) is 27.2 Å². The lowest BCUT2D eigenvalue weighted by molar-refractivity contribution is 0.335. The number of nitrogens with zero attached hydrogens (tertiary/aromatic N) is 1. The maximum absolute atomic E-state index is 4.09. The molecule has 72 valence electrons. The van der Waals surface area contributed by atoms with Crippen LogP contribution in [0.5, 0.6) is 0 Å². The Balaban J connectivity index is 3.64. The third-order valence-electron chi connectivity index (χ3n) is 2.14. The molecule has 0 N–H and O–H groups in total. The molecule has 0 aromatic rings. The molecule has 0 aliphatic carbocycles. The fraction of sp³-hybridized carbons (Fsp3) is 0.909. The summed E-state index contributed by atoms with van der Waals surface area (Å²) in [7, 11) is 0. The van der Waals surface area contributed by atoms with Crippen LogP contribution in [0, 0.1) is 5.41 Å². The molecule has 0 spiro atoms. The maximum Gasteiger partial charge on any atom is 0.0545 e. The van der Waals surface area contributed by atoms with E-state index in [1.807, 2.05) is 0 Å². The Bertz CT molecular complexity index is 140. The lowest BCUT2D eigenvalue weighted by Crippen LogP contribution is -2.17. The molecule has 12 heavy (non-hydrogen) atoms. The van der Waals surface area contributed by atoms with Crippen molar-refractivity contribution in [3.8, 4) is 0 Å². The summed E-state index contributed by atoms with van der Waals surface area (Å²) in [5.74, 6) is 0. The van der Waals surface area contributed by atoms with Crippen LogP contribution < -0.4 is 0 Å². The zero-order chi connectivity index (χ0) is 9.83. The van der Waals surface area contributed by atoms with Crippen LogP contribution in [0.25, 0.3) is 0 Å². The number of hydrogen-bond donors (Lipinski definition) is 0. The highest BCUT2D eigenvalue weighted by atomic mass is 14.8. The summed E-state index contributed by atoms with van der Waals surface area (Å²) in [5.41, 5.74) is 0.530. The molecule has 0 radical (unpaired) electrons. The molecule has 0 saturated heterocycles. The van der Waals surface area contributed by atoms with Crippen molar-refractivity contribution in [1.29, 1.82) is 0 Å². The van der Waals surface area contributed by atoms with Gasteiger partial charge < -0.3 is 0 Å². The number of aliphatic imine (C=N–C) groups is 1. The lowest BCUT2D eigenvalue weighted by Gasteiger charge is -2.22. The molecule has 0 saturated carbocycles. The second kappa shape index (κ2) is 4.06. The van der Waals surface area contributed by atoms with Gasteiger partial charge in [-0.15, -0.1) is 0 Å². The summed E-state index contributed by atoms with van der Waals surface area (Å²) in [5, 5.41) is 0. The molecule has 0 atom stereocenters. The maximum atomic E-state index is 4.09. The van der Waals surface area contributed by atoms with E-state index in [-0.39, 0.29) is 5.54 Å². The van der Waals surface area contributed by atoms with Crippen LogP contribution in [0.2, 0.25) is 0 Å². The third-order valence-corrected chi connectivity index (χ3v) is 2.14. The van der Waals surface area contributed by atoms with Crippen LogP contribution >= 0.6 is 0 Å². The average Bonchev–Trinajstić information content (AvgIpc) is 1.84. The molecule has 0 rings (SSSR count). The predicted molar refractivity (Wildman–Crippen MR) is 56.9 cm³/mol. The van der Waals surface area contributed by atoms with E-state index in [0.717, 1.165) is 6.42 Å². The van der Waals surface area contributed by atoms with Crippen LogP contribution in [-0.2, 0) is 0 Å². The molecule has 0 bridgehead atoms. The smallest absolute Gasteiger partial charge is 0.0545 e. The second-order valence-corrected chi connectivity index (χ2v) is 5.38. The van der Waals surface area contributed by atoms with Crippen molar-refractivity contribution in [2.45, 2.75) is 59.4 Å². The van der Waals surface area contributed by atoms with E-state index in [4.69, 9.17) is 0 Å². The fourth-order valence-electron chi connectivity index (χ4n) is 1.13. The van der Waals surface area contributed by atoms with E-state index in [9.17, 15) is 0 Å². The zero-order valence-electron chi connectivity index (χ0n) is 9.28. The van der Waals surface area contributed by atoms with Gasteiger partial charge in [-0.05, 0) is 38.8 Å². The summed E-state index contributed by atoms with van der Waals surface area (Å²) >= 11 is 0. The molecule has 0 amide bonds. The Hall–Kier alpha value is -0.330. The van der Waals surface area contributed by atoms with Crippen LogP contribution in [0.1, 0.15) is 53.9 Å². The molecule has 0 fully saturated rings. The molecular weight excluding hydrogens is 146 g/mol. The SMILES string of the molecule is C=NC(C)(C)CCCC(C)(C)C. The van der Waals surface area contributed by atoms with Crippen molar-refractivity contribution in [3.63, 3.8) is 0 Å². The Kier molecular flexibility index (Phi) is 3.95. The van der Waals surface area contributed by atoms with E-state index in [1.54, 1.807) is 0 Å². The summed E-state index contributed by atoms with van der Waals surface area (Å²) in [6.45, 7) is 14.7. The first-order valence-corrected chi connectivity index (χ1v) is 4.75. The zero-order valence-corrected chi connectivity index (χ0v) is 9.28. The molecule has 0 heterocycles. The van der Waals surface area contributed by atoms with Gasteiger partial charge in [-0.25, -0.2) is 0 Å². The Labute approximate surface area is 77.3 Å². The van der Waals surface area contributed by atoms with Gasteiger partial charge in [0.2, 0.25) is 0 Å². The van der Waals surface area contributed by atoms with E-state index < -0.39 is 0 Å². The largest absolute Gasteiger partial charge is 0.295 e. The minimum absolute atomic E-state index is 0.0747. The van der Waals surface area contributed by atoms with Crippen molar-refractivity contribution < 1.29 is 0 Å². The van der Waals surface area contributed by atoms with Crippen LogP contribution in [0.3, 0.4) is 0 Å². The quantitative estimate of drug-likeness (QED) is 0.569. The average molecular weight is 169 g/mol. The van der Waals surface area contributed by atoms with Gasteiger partial charge in [0.05, 0.1) is 5.54 Å². The highest BCUT2D eigenvalue weighted by Gasteiger charge is 2.16. The minimum Gasteiger partial charge on any atom is -0.295 e.